The number of anilines is 1. The van der Waals surface area contributed by atoms with Gasteiger partial charge in [0.25, 0.3) is 0 Å². The number of aromatic nitrogens is 1. The van der Waals surface area contributed by atoms with Crippen LogP contribution in [-0.4, -0.2) is 36.3 Å². The summed E-state index contributed by atoms with van der Waals surface area (Å²) in [5, 5.41) is 1.90. The highest BCUT2D eigenvalue weighted by Crippen LogP contribution is 2.10. The molecule has 1 aliphatic rings. The Kier molecular flexibility index (Phi) is 2.90. The van der Waals surface area contributed by atoms with Crippen LogP contribution in [0.2, 0.25) is 0 Å². The van der Waals surface area contributed by atoms with Crippen LogP contribution in [0, 0.1) is 5.82 Å². The molecule has 0 aromatic carbocycles. The molecule has 0 spiro atoms. The van der Waals surface area contributed by atoms with E-state index in [0.29, 0.717) is 13.2 Å². The lowest BCUT2D eigenvalue weighted by Crippen LogP contribution is -2.40. The topological polar surface area (TPSA) is 37.4 Å². The number of hydrogen-bond acceptors (Lipinski definition) is 4. The van der Waals surface area contributed by atoms with E-state index in [4.69, 9.17) is 4.74 Å². The molecule has 0 bridgehead atoms. The van der Waals surface area contributed by atoms with Crippen LogP contribution in [0.1, 0.15) is 0 Å². The van der Waals surface area contributed by atoms with Gasteiger partial charge < -0.3 is 10.2 Å². The van der Waals surface area contributed by atoms with Gasteiger partial charge >= 0.3 is 0 Å². The fraction of sp³-hybridized carbons (Fsp3) is 0.444. The van der Waals surface area contributed by atoms with Gasteiger partial charge in [0.1, 0.15) is 0 Å². The molecule has 0 saturated carbocycles. The highest BCUT2D eigenvalue weighted by atomic mass is 19.1. The lowest BCUT2D eigenvalue weighted by atomic mass is 10.4. The maximum Gasteiger partial charge on any atom is 0.176 e. The summed E-state index contributed by atoms with van der Waals surface area (Å²) in [6.45, 7) is 2.83. The summed E-state index contributed by atoms with van der Waals surface area (Å²) >= 11 is 0. The average Bonchev–Trinajstić information content (AvgIpc) is 2.23. The van der Waals surface area contributed by atoms with E-state index < -0.39 is 0 Å². The molecule has 4 nitrogen and oxygen atoms in total. The normalized spacial score (nSPS) is 18.1. The third-order valence-electron chi connectivity index (χ3n) is 2.03. The lowest BCUT2D eigenvalue weighted by molar-refractivity contribution is 0.0493. The van der Waals surface area contributed by atoms with E-state index >= 15 is 0 Å². The van der Waals surface area contributed by atoms with Crippen molar-refractivity contribution in [2.24, 2.45) is 0 Å². The van der Waals surface area contributed by atoms with Gasteiger partial charge in [-0.15, -0.1) is 0 Å². The molecule has 0 atom stereocenters. The number of morpholine rings is 1. The number of nitrogens with zero attached hydrogens (tertiary/aromatic N) is 2. The largest absolute Gasteiger partial charge is 0.379 e. The second kappa shape index (κ2) is 4.34. The summed E-state index contributed by atoms with van der Waals surface area (Å²) in [5.41, 5.74) is 2.92. The van der Waals surface area contributed by atoms with E-state index in [-0.39, 0.29) is 11.6 Å². The van der Waals surface area contributed by atoms with E-state index in [1.54, 1.807) is 12.3 Å². The van der Waals surface area contributed by atoms with Crippen LogP contribution in [0.5, 0.6) is 0 Å². The molecule has 1 N–H and O–H groups in total. The molecular weight excluding hydrogens is 185 g/mol. The van der Waals surface area contributed by atoms with Crippen LogP contribution in [0.3, 0.4) is 0 Å². The first-order valence-electron chi connectivity index (χ1n) is 4.56. The monoisotopic (exact) mass is 197 g/mol. The molecule has 14 heavy (non-hydrogen) atoms. The molecule has 76 valence electrons. The Hall–Kier alpha value is -1.20. The van der Waals surface area contributed by atoms with Crippen molar-refractivity contribution in [3.63, 3.8) is 0 Å². The van der Waals surface area contributed by atoms with E-state index in [0.717, 1.165) is 13.1 Å². The van der Waals surface area contributed by atoms with Gasteiger partial charge in [0.2, 0.25) is 0 Å². The average molecular weight is 197 g/mol. The summed E-state index contributed by atoms with van der Waals surface area (Å²) < 4.78 is 18.3. The Balaban J connectivity index is 1.99. The van der Waals surface area contributed by atoms with Crippen molar-refractivity contribution in [3.05, 3.63) is 24.1 Å². The standard InChI is InChI=1S/C9H12FN3O/c10-8-2-1-3-11-9(8)12-13-4-6-14-7-5-13/h1-3H,4-7H2,(H,11,12). The Morgan fingerprint density at radius 2 is 2.21 bits per heavy atom. The molecule has 0 amide bonds. The molecule has 1 aromatic heterocycles. The van der Waals surface area contributed by atoms with E-state index in [2.05, 4.69) is 10.4 Å². The highest BCUT2D eigenvalue weighted by Gasteiger charge is 2.11. The van der Waals surface area contributed by atoms with Crippen molar-refractivity contribution in [2.75, 3.05) is 31.7 Å². The quantitative estimate of drug-likeness (QED) is 0.763. The van der Waals surface area contributed by atoms with Crippen LogP contribution in [-0.2, 0) is 4.74 Å². The SMILES string of the molecule is Fc1cccnc1NN1CCOCC1. The first kappa shape index (κ1) is 9.36. The molecule has 0 radical (unpaired) electrons. The number of hydrogen-bond donors (Lipinski definition) is 1. The number of halogens is 1. The van der Waals surface area contributed by atoms with Gasteiger partial charge in [0, 0.05) is 19.3 Å². The summed E-state index contributed by atoms with van der Waals surface area (Å²) in [6.07, 6.45) is 1.56. The van der Waals surface area contributed by atoms with Crippen molar-refractivity contribution in [2.45, 2.75) is 0 Å². The summed E-state index contributed by atoms with van der Waals surface area (Å²) in [7, 11) is 0. The molecule has 1 aromatic rings. The number of pyridine rings is 1. The zero-order valence-electron chi connectivity index (χ0n) is 7.74. The predicted molar refractivity (Wildman–Crippen MR) is 50.2 cm³/mol. The van der Waals surface area contributed by atoms with Crippen LogP contribution in [0.4, 0.5) is 10.2 Å². The minimum absolute atomic E-state index is 0.273. The second-order valence-electron chi connectivity index (χ2n) is 3.05. The fourth-order valence-electron chi connectivity index (χ4n) is 1.29. The molecule has 2 heterocycles. The van der Waals surface area contributed by atoms with Crippen LogP contribution >= 0.6 is 0 Å². The number of rotatable bonds is 2. The summed E-state index contributed by atoms with van der Waals surface area (Å²) in [4.78, 5) is 3.90. The van der Waals surface area contributed by atoms with Crippen molar-refractivity contribution in [1.82, 2.24) is 9.99 Å². The predicted octanol–water partition coefficient (Wildman–Crippen LogP) is 0.880. The van der Waals surface area contributed by atoms with E-state index in [9.17, 15) is 4.39 Å². The molecule has 0 aliphatic carbocycles. The van der Waals surface area contributed by atoms with Crippen LogP contribution in [0.25, 0.3) is 0 Å². The van der Waals surface area contributed by atoms with Crippen molar-refractivity contribution in [1.29, 1.82) is 0 Å². The van der Waals surface area contributed by atoms with Crippen LogP contribution < -0.4 is 5.43 Å². The first-order valence-corrected chi connectivity index (χ1v) is 4.56. The van der Waals surface area contributed by atoms with E-state index in [1.807, 2.05) is 5.01 Å². The van der Waals surface area contributed by atoms with Gasteiger partial charge in [-0.25, -0.2) is 14.4 Å². The molecule has 5 heteroatoms. The second-order valence-corrected chi connectivity index (χ2v) is 3.05. The minimum atomic E-state index is -0.334. The third kappa shape index (κ3) is 2.18. The zero-order valence-corrected chi connectivity index (χ0v) is 7.74. The van der Waals surface area contributed by atoms with Crippen molar-refractivity contribution >= 4 is 5.82 Å². The Morgan fingerprint density at radius 3 is 2.93 bits per heavy atom. The maximum absolute atomic E-state index is 13.2. The Bertz CT molecular complexity index is 302. The zero-order chi connectivity index (χ0) is 9.80. The van der Waals surface area contributed by atoms with Gasteiger partial charge in [-0.3, -0.25) is 0 Å². The molecule has 1 fully saturated rings. The van der Waals surface area contributed by atoms with Gasteiger partial charge in [-0.2, -0.15) is 0 Å². The summed E-state index contributed by atoms with van der Waals surface area (Å²) in [6, 6.07) is 2.95. The Labute approximate surface area is 81.7 Å². The van der Waals surface area contributed by atoms with Crippen LogP contribution in [0.15, 0.2) is 18.3 Å². The summed E-state index contributed by atoms with van der Waals surface area (Å²) in [5.74, 6) is -0.0617. The maximum atomic E-state index is 13.2. The third-order valence-corrected chi connectivity index (χ3v) is 2.03. The number of ether oxygens (including phenoxy) is 1. The molecule has 1 saturated heterocycles. The number of nitrogens with one attached hydrogen (secondary N) is 1. The minimum Gasteiger partial charge on any atom is -0.379 e. The van der Waals surface area contributed by atoms with Gasteiger partial charge in [0.05, 0.1) is 13.2 Å². The lowest BCUT2D eigenvalue weighted by Gasteiger charge is -2.27. The first-order chi connectivity index (χ1) is 6.86. The molecule has 0 unspecified atom stereocenters. The van der Waals surface area contributed by atoms with Gasteiger partial charge in [-0.05, 0) is 12.1 Å². The fourth-order valence-corrected chi connectivity index (χ4v) is 1.29. The highest BCUT2D eigenvalue weighted by molar-refractivity contribution is 5.34. The van der Waals surface area contributed by atoms with Crippen molar-refractivity contribution < 1.29 is 9.13 Å². The molecule has 1 aliphatic heterocycles. The van der Waals surface area contributed by atoms with E-state index in [1.165, 1.54) is 6.07 Å². The smallest absolute Gasteiger partial charge is 0.176 e. The Morgan fingerprint density at radius 1 is 1.43 bits per heavy atom. The number of hydrazine groups is 1. The molecule has 2 rings (SSSR count). The van der Waals surface area contributed by atoms with Gasteiger partial charge in [0.15, 0.2) is 11.6 Å². The van der Waals surface area contributed by atoms with Crippen molar-refractivity contribution in [3.8, 4) is 0 Å². The molecular formula is C9H12FN3O. The van der Waals surface area contributed by atoms with Gasteiger partial charge in [-0.1, -0.05) is 0 Å².